The topological polar surface area (TPSA) is 108 Å². The number of rotatable bonds is 11. The largest absolute Gasteiger partial charge is 0.481 e. The average Bonchev–Trinajstić information content (AvgIpc) is 2.84. The normalized spacial score (nSPS) is 11.6. The Balaban J connectivity index is 1.65. The fourth-order valence-electron chi connectivity index (χ4n) is 3.69. The van der Waals surface area contributed by atoms with Crippen LogP contribution in [0.2, 0.25) is 10.0 Å². The van der Waals surface area contributed by atoms with Crippen molar-refractivity contribution in [3.05, 3.63) is 82.3 Å². The monoisotopic (exact) mass is 541 g/mol. The molecule has 0 fully saturated rings. The number of hydrogen-bond donors (Lipinski definition) is 4. The fourth-order valence-corrected chi connectivity index (χ4v) is 4.21. The molecule has 0 saturated carbocycles. The standard InChI is InChI=1S/C28H29Cl2N3O4/c1-17(2)15-25(32-21-10-5-19(6-11-21)27(36)31-14-13-26(34)35)28(37)33-22-8-3-18(4-9-22)23-12-7-20(29)16-24(23)30/h3-12,16-17,25,32H,13-15H2,1-2H3,(H,31,36)(H,33,37)(H,34,35). The van der Waals surface area contributed by atoms with E-state index in [1.807, 2.05) is 44.2 Å². The molecule has 0 spiro atoms. The summed E-state index contributed by atoms with van der Waals surface area (Å²) in [6.45, 7) is 4.13. The van der Waals surface area contributed by atoms with E-state index < -0.39 is 12.0 Å². The predicted molar refractivity (Wildman–Crippen MR) is 148 cm³/mol. The number of amides is 2. The summed E-state index contributed by atoms with van der Waals surface area (Å²) >= 11 is 12.3. The number of halogens is 2. The number of nitrogens with one attached hydrogen (secondary N) is 3. The van der Waals surface area contributed by atoms with Gasteiger partial charge in [0, 0.05) is 39.1 Å². The molecule has 1 atom stereocenters. The number of hydrogen-bond acceptors (Lipinski definition) is 4. The van der Waals surface area contributed by atoms with Gasteiger partial charge in [-0.1, -0.05) is 55.2 Å². The Labute approximate surface area is 226 Å². The molecule has 0 aromatic heterocycles. The third-order valence-electron chi connectivity index (χ3n) is 5.53. The molecule has 0 heterocycles. The van der Waals surface area contributed by atoms with E-state index in [9.17, 15) is 14.4 Å². The maximum Gasteiger partial charge on any atom is 0.305 e. The van der Waals surface area contributed by atoms with Gasteiger partial charge in [-0.25, -0.2) is 0 Å². The fraction of sp³-hybridized carbons (Fsp3) is 0.250. The number of aliphatic carboxylic acids is 1. The van der Waals surface area contributed by atoms with Crippen LogP contribution in [0.5, 0.6) is 0 Å². The van der Waals surface area contributed by atoms with Crippen LogP contribution >= 0.6 is 23.2 Å². The van der Waals surface area contributed by atoms with Crippen molar-refractivity contribution in [2.75, 3.05) is 17.2 Å². The van der Waals surface area contributed by atoms with Crippen LogP contribution in [0.3, 0.4) is 0 Å². The molecule has 3 rings (SSSR count). The number of benzene rings is 3. The second kappa shape index (κ2) is 13.1. The van der Waals surface area contributed by atoms with Crippen molar-refractivity contribution in [1.29, 1.82) is 0 Å². The lowest BCUT2D eigenvalue weighted by Crippen LogP contribution is -2.35. The number of carbonyl (C=O) groups excluding carboxylic acids is 2. The van der Waals surface area contributed by atoms with Crippen LogP contribution < -0.4 is 16.0 Å². The zero-order chi connectivity index (χ0) is 26.9. The molecule has 194 valence electrons. The Hall–Kier alpha value is -3.55. The zero-order valence-electron chi connectivity index (χ0n) is 20.6. The summed E-state index contributed by atoms with van der Waals surface area (Å²) in [6.07, 6.45) is 0.455. The second-order valence-electron chi connectivity index (χ2n) is 8.99. The van der Waals surface area contributed by atoms with Crippen molar-refractivity contribution < 1.29 is 19.5 Å². The van der Waals surface area contributed by atoms with Gasteiger partial charge in [0.05, 0.1) is 6.42 Å². The number of carbonyl (C=O) groups is 3. The molecule has 0 aliphatic rings. The van der Waals surface area contributed by atoms with Crippen molar-refractivity contribution in [1.82, 2.24) is 5.32 Å². The molecule has 0 aliphatic carbocycles. The van der Waals surface area contributed by atoms with Crippen molar-refractivity contribution in [3.63, 3.8) is 0 Å². The highest BCUT2D eigenvalue weighted by molar-refractivity contribution is 6.36. The van der Waals surface area contributed by atoms with Gasteiger partial charge < -0.3 is 21.1 Å². The zero-order valence-corrected chi connectivity index (χ0v) is 22.1. The van der Waals surface area contributed by atoms with E-state index in [0.717, 1.165) is 11.1 Å². The van der Waals surface area contributed by atoms with Crippen molar-refractivity contribution in [2.45, 2.75) is 32.7 Å². The molecule has 4 N–H and O–H groups in total. The van der Waals surface area contributed by atoms with Gasteiger partial charge in [0.25, 0.3) is 5.91 Å². The highest BCUT2D eigenvalue weighted by Gasteiger charge is 2.20. The van der Waals surface area contributed by atoms with Gasteiger partial charge in [-0.05, 0) is 66.4 Å². The van der Waals surface area contributed by atoms with E-state index in [0.29, 0.717) is 33.4 Å². The van der Waals surface area contributed by atoms with Crippen LogP contribution in [0.4, 0.5) is 11.4 Å². The van der Waals surface area contributed by atoms with Gasteiger partial charge in [-0.3, -0.25) is 14.4 Å². The third kappa shape index (κ3) is 8.51. The first-order chi connectivity index (χ1) is 17.6. The van der Waals surface area contributed by atoms with Crippen LogP contribution in [0, 0.1) is 5.92 Å². The Morgan fingerprint density at radius 1 is 0.892 bits per heavy atom. The molecule has 1 unspecified atom stereocenters. The lowest BCUT2D eigenvalue weighted by Gasteiger charge is -2.21. The van der Waals surface area contributed by atoms with Gasteiger partial charge in [-0.2, -0.15) is 0 Å². The maximum atomic E-state index is 13.1. The van der Waals surface area contributed by atoms with Crippen LogP contribution in [0.15, 0.2) is 66.7 Å². The Kier molecular flexibility index (Phi) is 9.94. The van der Waals surface area contributed by atoms with E-state index in [4.69, 9.17) is 28.3 Å². The smallest absolute Gasteiger partial charge is 0.305 e. The van der Waals surface area contributed by atoms with Gasteiger partial charge in [0.2, 0.25) is 5.91 Å². The molecular formula is C28H29Cl2N3O4. The molecule has 0 bridgehead atoms. The molecule has 3 aromatic rings. The van der Waals surface area contributed by atoms with E-state index in [2.05, 4.69) is 16.0 Å². The van der Waals surface area contributed by atoms with Crippen LogP contribution in [-0.4, -0.2) is 35.5 Å². The Morgan fingerprint density at radius 3 is 2.14 bits per heavy atom. The van der Waals surface area contributed by atoms with Gasteiger partial charge in [-0.15, -0.1) is 0 Å². The van der Waals surface area contributed by atoms with Gasteiger partial charge in [0.1, 0.15) is 6.04 Å². The first-order valence-electron chi connectivity index (χ1n) is 11.9. The summed E-state index contributed by atoms with van der Waals surface area (Å²) in [6, 6.07) is 18.9. The molecule has 3 aromatic carbocycles. The summed E-state index contributed by atoms with van der Waals surface area (Å²) in [7, 11) is 0. The predicted octanol–water partition coefficient (Wildman–Crippen LogP) is 6.33. The highest BCUT2D eigenvalue weighted by Crippen LogP contribution is 2.31. The lowest BCUT2D eigenvalue weighted by atomic mass is 10.0. The van der Waals surface area contributed by atoms with Crippen LogP contribution in [-0.2, 0) is 9.59 Å². The number of anilines is 2. The molecule has 2 amide bonds. The van der Waals surface area contributed by atoms with Crippen molar-refractivity contribution in [3.8, 4) is 11.1 Å². The van der Waals surface area contributed by atoms with Crippen LogP contribution in [0.25, 0.3) is 11.1 Å². The Morgan fingerprint density at radius 2 is 1.54 bits per heavy atom. The van der Waals surface area contributed by atoms with Gasteiger partial charge in [0.15, 0.2) is 0 Å². The van der Waals surface area contributed by atoms with Crippen molar-refractivity contribution >= 4 is 52.4 Å². The number of carboxylic acid groups (broad SMARTS) is 1. The minimum Gasteiger partial charge on any atom is -0.481 e. The molecule has 37 heavy (non-hydrogen) atoms. The molecule has 0 saturated heterocycles. The molecule has 7 nitrogen and oxygen atoms in total. The van der Waals surface area contributed by atoms with Crippen molar-refractivity contribution in [2.24, 2.45) is 5.92 Å². The van der Waals surface area contributed by atoms with E-state index in [1.165, 1.54) is 0 Å². The molecule has 0 aliphatic heterocycles. The quantitative estimate of drug-likeness (QED) is 0.227. The maximum absolute atomic E-state index is 13.1. The summed E-state index contributed by atoms with van der Waals surface area (Å²) in [5, 5.41) is 18.6. The van der Waals surface area contributed by atoms with E-state index >= 15 is 0 Å². The first-order valence-corrected chi connectivity index (χ1v) is 12.6. The second-order valence-corrected chi connectivity index (χ2v) is 9.84. The summed E-state index contributed by atoms with van der Waals surface area (Å²) in [5.74, 6) is -1.25. The minimum absolute atomic E-state index is 0.0541. The number of carboxylic acids is 1. The lowest BCUT2D eigenvalue weighted by molar-refractivity contribution is -0.136. The minimum atomic E-state index is -0.976. The molecular weight excluding hydrogens is 513 g/mol. The Bertz CT molecular complexity index is 1250. The highest BCUT2D eigenvalue weighted by atomic mass is 35.5. The van der Waals surface area contributed by atoms with Crippen LogP contribution in [0.1, 0.15) is 37.0 Å². The van der Waals surface area contributed by atoms with E-state index in [-0.39, 0.29) is 30.7 Å². The summed E-state index contributed by atoms with van der Waals surface area (Å²) in [5.41, 5.74) is 3.51. The molecule has 0 radical (unpaired) electrons. The van der Waals surface area contributed by atoms with Gasteiger partial charge >= 0.3 is 5.97 Å². The average molecular weight is 542 g/mol. The van der Waals surface area contributed by atoms with E-state index in [1.54, 1.807) is 36.4 Å². The first kappa shape index (κ1) is 28.0. The molecule has 9 heteroatoms. The summed E-state index contributed by atoms with van der Waals surface area (Å²) < 4.78 is 0. The third-order valence-corrected chi connectivity index (χ3v) is 6.08. The SMILES string of the molecule is CC(C)CC(Nc1ccc(C(=O)NCCC(=O)O)cc1)C(=O)Nc1ccc(-c2ccc(Cl)cc2Cl)cc1. The summed E-state index contributed by atoms with van der Waals surface area (Å²) in [4.78, 5) is 35.9.